The minimum absolute atomic E-state index is 0.0834. The van der Waals surface area contributed by atoms with Crippen LogP contribution in [0.15, 0.2) is 52.6 Å². The molecule has 0 saturated heterocycles. The van der Waals surface area contributed by atoms with Crippen molar-refractivity contribution in [1.29, 1.82) is 0 Å². The van der Waals surface area contributed by atoms with E-state index in [0.29, 0.717) is 11.5 Å². The van der Waals surface area contributed by atoms with Crippen molar-refractivity contribution in [2.24, 2.45) is 0 Å². The van der Waals surface area contributed by atoms with Gasteiger partial charge in [-0.15, -0.1) is 11.3 Å². The van der Waals surface area contributed by atoms with Gasteiger partial charge < -0.3 is 5.32 Å². The highest BCUT2D eigenvalue weighted by Gasteiger charge is 2.15. The minimum Gasteiger partial charge on any atom is -0.354 e. The van der Waals surface area contributed by atoms with Crippen LogP contribution in [0.5, 0.6) is 0 Å². The van der Waals surface area contributed by atoms with E-state index in [0.717, 1.165) is 5.56 Å². The molecule has 8 heteroatoms. The van der Waals surface area contributed by atoms with E-state index in [1.165, 1.54) is 20.7 Å². The van der Waals surface area contributed by atoms with Crippen LogP contribution in [-0.4, -0.2) is 32.2 Å². The number of aromatic nitrogens is 4. The van der Waals surface area contributed by atoms with Gasteiger partial charge in [0, 0.05) is 6.54 Å². The van der Waals surface area contributed by atoms with Crippen molar-refractivity contribution in [2.75, 3.05) is 6.54 Å². The predicted molar refractivity (Wildman–Crippen MR) is 91.4 cm³/mol. The Bertz CT molecular complexity index is 854. The summed E-state index contributed by atoms with van der Waals surface area (Å²) >= 11 is 1.41. The average molecular weight is 343 g/mol. The third-order valence-electron chi connectivity index (χ3n) is 3.67. The molecule has 3 aromatic rings. The number of carbonyl (C=O) groups excluding carboxylic acids is 1. The lowest BCUT2D eigenvalue weighted by atomic mass is 10.0. The van der Waals surface area contributed by atoms with Crippen LogP contribution >= 0.6 is 11.3 Å². The molecule has 0 aliphatic rings. The van der Waals surface area contributed by atoms with Crippen LogP contribution in [0.1, 0.15) is 18.4 Å². The zero-order chi connectivity index (χ0) is 16.9. The van der Waals surface area contributed by atoms with Gasteiger partial charge in [0.1, 0.15) is 5.00 Å². The molecule has 24 heavy (non-hydrogen) atoms. The summed E-state index contributed by atoms with van der Waals surface area (Å²) in [5.41, 5.74) is 0.638. The van der Waals surface area contributed by atoms with Crippen LogP contribution < -0.4 is 11.0 Å². The molecule has 0 fully saturated rings. The van der Waals surface area contributed by atoms with Gasteiger partial charge in [0.15, 0.2) is 0 Å². The summed E-state index contributed by atoms with van der Waals surface area (Å²) in [6, 6.07) is 13.2. The summed E-state index contributed by atoms with van der Waals surface area (Å²) in [4.78, 5) is 24.4. The van der Waals surface area contributed by atoms with E-state index in [4.69, 9.17) is 0 Å². The molecule has 1 atom stereocenters. The standard InChI is InChI=1S/C16H17N5O2S/c1-12(13-6-3-2-4-7-13)15(22)17-9-10-20-16(23)21(19-18-20)14-8-5-11-24-14/h2-8,11-12H,9-10H2,1H3,(H,17,22). The number of hydrogen-bond donors (Lipinski definition) is 1. The molecule has 3 rings (SSSR count). The van der Waals surface area contributed by atoms with E-state index in [-0.39, 0.29) is 24.1 Å². The van der Waals surface area contributed by atoms with Crippen LogP contribution in [0, 0.1) is 0 Å². The Labute approximate surface area is 142 Å². The van der Waals surface area contributed by atoms with E-state index < -0.39 is 0 Å². The van der Waals surface area contributed by atoms with E-state index in [9.17, 15) is 9.59 Å². The van der Waals surface area contributed by atoms with Gasteiger partial charge in [0.2, 0.25) is 5.91 Å². The Balaban J connectivity index is 1.57. The minimum atomic E-state index is -0.317. The summed E-state index contributed by atoms with van der Waals surface area (Å²) in [5, 5.41) is 13.1. The monoisotopic (exact) mass is 343 g/mol. The Morgan fingerprint density at radius 2 is 2.00 bits per heavy atom. The summed E-state index contributed by atoms with van der Waals surface area (Å²) in [6.45, 7) is 2.44. The van der Waals surface area contributed by atoms with Crippen molar-refractivity contribution in [3.05, 3.63) is 63.9 Å². The summed E-state index contributed by atoms with van der Waals surface area (Å²) in [6.07, 6.45) is 0. The average Bonchev–Trinajstić information content (AvgIpc) is 3.25. The number of hydrogen-bond acceptors (Lipinski definition) is 5. The highest BCUT2D eigenvalue weighted by Crippen LogP contribution is 2.14. The van der Waals surface area contributed by atoms with Crippen molar-refractivity contribution < 1.29 is 4.79 Å². The third kappa shape index (κ3) is 3.43. The largest absolute Gasteiger partial charge is 0.369 e. The molecule has 0 aliphatic carbocycles. The topological polar surface area (TPSA) is 81.8 Å². The molecule has 1 N–H and O–H groups in total. The second kappa shape index (κ2) is 7.22. The van der Waals surface area contributed by atoms with Gasteiger partial charge in [0.05, 0.1) is 12.5 Å². The first-order valence-corrected chi connectivity index (χ1v) is 8.44. The van der Waals surface area contributed by atoms with Crippen molar-refractivity contribution in [2.45, 2.75) is 19.4 Å². The molecular weight excluding hydrogens is 326 g/mol. The fourth-order valence-corrected chi connectivity index (χ4v) is 2.94. The normalized spacial score (nSPS) is 12.0. The lowest BCUT2D eigenvalue weighted by molar-refractivity contribution is -0.122. The van der Waals surface area contributed by atoms with Crippen LogP contribution in [0.2, 0.25) is 0 Å². The first-order valence-electron chi connectivity index (χ1n) is 7.56. The zero-order valence-corrected chi connectivity index (χ0v) is 13.9. The Hall–Kier alpha value is -2.74. The van der Waals surface area contributed by atoms with Crippen LogP contribution in [0.4, 0.5) is 0 Å². The molecule has 124 valence electrons. The molecule has 2 aromatic heterocycles. The number of thiophene rings is 1. The van der Waals surface area contributed by atoms with E-state index >= 15 is 0 Å². The zero-order valence-electron chi connectivity index (χ0n) is 13.1. The number of benzene rings is 1. The molecule has 0 radical (unpaired) electrons. The molecule has 0 saturated carbocycles. The van der Waals surface area contributed by atoms with Crippen molar-refractivity contribution >= 4 is 17.2 Å². The number of tetrazole rings is 1. The van der Waals surface area contributed by atoms with Crippen molar-refractivity contribution in [3.8, 4) is 5.00 Å². The third-order valence-corrected chi connectivity index (χ3v) is 4.51. The smallest absolute Gasteiger partial charge is 0.354 e. The van der Waals surface area contributed by atoms with Gasteiger partial charge in [-0.05, 0) is 40.4 Å². The second-order valence-corrected chi connectivity index (χ2v) is 6.20. The molecule has 2 heterocycles. The number of nitrogens with one attached hydrogen (secondary N) is 1. The molecule has 0 aliphatic heterocycles. The number of rotatable bonds is 6. The van der Waals surface area contributed by atoms with Crippen molar-refractivity contribution in [1.82, 2.24) is 25.1 Å². The summed E-state index contributed by atoms with van der Waals surface area (Å²) in [7, 11) is 0. The molecule has 1 unspecified atom stereocenters. The first-order chi connectivity index (χ1) is 11.7. The van der Waals surface area contributed by atoms with Gasteiger partial charge in [-0.25, -0.2) is 4.79 Å². The Morgan fingerprint density at radius 1 is 1.21 bits per heavy atom. The quantitative estimate of drug-likeness (QED) is 0.734. The Kier molecular flexibility index (Phi) is 4.85. The first kappa shape index (κ1) is 16.1. The summed E-state index contributed by atoms with van der Waals surface area (Å²) in [5.74, 6) is -0.329. The SMILES string of the molecule is CC(C(=O)NCCn1nnn(-c2cccs2)c1=O)c1ccccc1. The highest BCUT2D eigenvalue weighted by molar-refractivity contribution is 7.12. The maximum atomic E-state index is 12.2. The van der Waals surface area contributed by atoms with Crippen LogP contribution in [0.3, 0.4) is 0 Å². The van der Waals surface area contributed by atoms with Gasteiger partial charge in [-0.3, -0.25) is 4.79 Å². The fraction of sp³-hybridized carbons (Fsp3) is 0.250. The van der Waals surface area contributed by atoms with Gasteiger partial charge >= 0.3 is 5.69 Å². The van der Waals surface area contributed by atoms with E-state index in [1.54, 1.807) is 6.07 Å². The van der Waals surface area contributed by atoms with E-state index in [1.807, 2.05) is 48.7 Å². The van der Waals surface area contributed by atoms with Gasteiger partial charge in [-0.1, -0.05) is 30.3 Å². The van der Waals surface area contributed by atoms with Crippen molar-refractivity contribution in [3.63, 3.8) is 0 Å². The maximum Gasteiger partial charge on any atom is 0.369 e. The fourth-order valence-electron chi connectivity index (χ4n) is 2.27. The number of nitrogens with zero attached hydrogens (tertiary/aromatic N) is 4. The van der Waals surface area contributed by atoms with Gasteiger partial charge in [-0.2, -0.15) is 9.36 Å². The highest BCUT2D eigenvalue weighted by atomic mass is 32.1. The number of carbonyl (C=O) groups is 1. The lowest BCUT2D eigenvalue weighted by Gasteiger charge is -2.12. The van der Waals surface area contributed by atoms with E-state index in [2.05, 4.69) is 15.7 Å². The second-order valence-electron chi connectivity index (χ2n) is 5.27. The summed E-state index contributed by atoms with van der Waals surface area (Å²) < 4.78 is 2.49. The lowest BCUT2D eigenvalue weighted by Crippen LogP contribution is -2.33. The number of amides is 1. The van der Waals surface area contributed by atoms with Crippen LogP contribution in [-0.2, 0) is 11.3 Å². The van der Waals surface area contributed by atoms with Crippen LogP contribution in [0.25, 0.3) is 5.00 Å². The van der Waals surface area contributed by atoms with Gasteiger partial charge in [0.25, 0.3) is 0 Å². The maximum absolute atomic E-state index is 12.2. The molecule has 1 amide bonds. The molecule has 0 spiro atoms. The predicted octanol–water partition coefficient (Wildman–Crippen LogP) is 1.41. The molecular formula is C16H17N5O2S. The Morgan fingerprint density at radius 3 is 2.71 bits per heavy atom. The molecule has 7 nitrogen and oxygen atoms in total. The molecule has 1 aromatic carbocycles. The molecule has 0 bridgehead atoms.